The normalized spacial score (nSPS) is 16.8. The van der Waals surface area contributed by atoms with Crippen LogP contribution in [0.5, 0.6) is 0 Å². The van der Waals surface area contributed by atoms with Crippen molar-refractivity contribution in [3.63, 3.8) is 0 Å². The van der Waals surface area contributed by atoms with E-state index in [0.717, 1.165) is 30.9 Å². The minimum absolute atomic E-state index is 0.467. The monoisotopic (exact) mass is 234 g/mol. The quantitative estimate of drug-likeness (QED) is 0.744. The first-order valence-corrected chi connectivity index (χ1v) is 6.24. The number of nitrogens with one attached hydrogen (secondary N) is 1. The third kappa shape index (κ3) is 3.37. The lowest BCUT2D eigenvalue weighted by atomic mass is 10.0. The second-order valence-corrected chi connectivity index (χ2v) is 5.23. The van der Waals surface area contributed by atoms with Gasteiger partial charge in [-0.25, -0.2) is 0 Å². The number of rotatable bonds is 6. The highest BCUT2D eigenvalue weighted by Gasteiger charge is 2.41. The first-order chi connectivity index (χ1) is 8.13. The Morgan fingerprint density at radius 1 is 1.35 bits per heavy atom. The van der Waals surface area contributed by atoms with Gasteiger partial charge in [0.25, 0.3) is 0 Å². The molecular formula is C14H22N2O. The fourth-order valence-corrected chi connectivity index (χ4v) is 2.21. The van der Waals surface area contributed by atoms with Gasteiger partial charge in [0.15, 0.2) is 0 Å². The zero-order chi connectivity index (χ0) is 12.3. The number of methoxy groups -OCH3 is 1. The van der Waals surface area contributed by atoms with E-state index in [9.17, 15) is 0 Å². The first-order valence-electron chi connectivity index (χ1n) is 6.24. The molecule has 3 N–H and O–H groups in total. The fourth-order valence-electron chi connectivity index (χ4n) is 2.21. The predicted molar refractivity (Wildman–Crippen MR) is 72.2 cm³/mol. The van der Waals surface area contributed by atoms with Crippen LogP contribution in [0.15, 0.2) is 18.2 Å². The molecule has 1 aromatic carbocycles. The summed E-state index contributed by atoms with van der Waals surface area (Å²) in [5.41, 5.74) is 9.46. The van der Waals surface area contributed by atoms with Crippen LogP contribution in [0.4, 0.5) is 11.4 Å². The van der Waals surface area contributed by atoms with Crippen molar-refractivity contribution in [1.29, 1.82) is 0 Å². The van der Waals surface area contributed by atoms with Gasteiger partial charge in [-0.3, -0.25) is 0 Å². The summed E-state index contributed by atoms with van der Waals surface area (Å²) in [5, 5.41) is 3.50. The molecule has 2 rings (SSSR count). The number of anilines is 2. The van der Waals surface area contributed by atoms with E-state index < -0.39 is 0 Å². The van der Waals surface area contributed by atoms with Crippen LogP contribution in [-0.2, 0) is 4.74 Å². The highest BCUT2D eigenvalue weighted by atomic mass is 16.5. The molecule has 1 fully saturated rings. The Labute approximate surface area is 103 Å². The highest BCUT2D eigenvalue weighted by molar-refractivity contribution is 5.56. The largest absolute Gasteiger partial charge is 0.399 e. The van der Waals surface area contributed by atoms with Crippen LogP contribution in [0.1, 0.15) is 24.8 Å². The minimum atomic E-state index is 0.467. The number of hydrogen-bond acceptors (Lipinski definition) is 3. The Hall–Kier alpha value is -1.22. The average molecular weight is 234 g/mol. The van der Waals surface area contributed by atoms with Crippen molar-refractivity contribution in [1.82, 2.24) is 0 Å². The molecule has 1 saturated carbocycles. The number of hydrogen-bond donors (Lipinski definition) is 2. The van der Waals surface area contributed by atoms with Crippen molar-refractivity contribution in [2.24, 2.45) is 5.41 Å². The lowest BCUT2D eigenvalue weighted by molar-refractivity contribution is 0.175. The van der Waals surface area contributed by atoms with Gasteiger partial charge in [0, 0.05) is 31.6 Å². The molecule has 0 aliphatic heterocycles. The molecule has 94 valence electrons. The summed E-state index contributed by atoms with van der Waals surface area (Å²) in [6.07, 6.45) is 3.77. The Morgan fingerprint density at radius 3 is 2.71 bits per heavy atom. The Balaban J connectivity index is 1.89. The van der Waals surface area contributed by atoms with Crippen molar-refractivity contribution in [2.45, 2.75) is 26.2 Å². The fraction of sp³-hybridized carbons (Fsp3) is 0.571. The van der Waals surface area contributed by atoms with E-state index in [2.05, 4.69) is 18.3 Å². The van der Waals surface area contributed by atoms with Crippen LogP contribution in [0, 0.1) is 12.3 Å². The van der Waals surface area contributed by atoms with Crippen molar-refractivity contribution in [3.05, 3.63) is 23.8 Å². The van der Waals surface area contributed by atoms with Crippen molar-refractivity contribution < 1.29 is 4.74 Å². The molecule has 0 saturated heterocycles. The van der Waals surface area contributed by atoms with Gasteiger partial charge in [0.1, 0.15) is 0 Å². The number of nitrogens with two attached hydrogens (primary N) is 1. The smallest absolute Gasteiger partial charge is 0.0468 e. The molecular weight excluding hydrogens is 212 g/mol. The SMILES string of the molecule is COCCC1(CNc2cc(C)cc(N)c2)CC1. The lowest BCUT2D eigenvalue weighted by Crippen LogP contribution is -2.17. The van der Waals surface area contributed by atoms with E-state index in [1.165, 1.54) is 18.4 Å². The number of ether oxygens (including phenoxy) is 1. The standard InChI is InChI=1S/C14H22N2O/c1-11-7-12(15)9-13(8-11)16-10-14(3-4-14)5-6-17-2/h7-9,16H,3-6,10,15H2,1-2H3. The maximum atomic E-state index is 5.83. The summed E-state index contributed by atoms with van der Waals surface area (Å²) >= 11 is 0. The first kappa shape index (κ1) is 12.2. The van der Waals surface area contributed by atoms with Crippen LogP contribution >= 0.6 is 0 Å². The zero-order valence-corrected chi connectivity index (χ0v) is 10.8. The van der Waals surface area contributed by atoms with E-state index in [1.54, 1.807) is 7.11 Å². The van der Waals surface area contributed by atoms with Gasteiger partial charge in [0.2, 0.25) is 0 Å². The average Bonchev–Trinajstić information content (AvgIpc) is 3.03. The summed E-state index contributed by atoms with van der Waals surface area (Å²) in [6, 6.07) is 6.13. The molecule has 1 aromatic rings. The van der Waals surface area contributed by atoms with Gasteiger partial charge in [-0.2, -0.15) is 0 Å². The minimum Gasteiger partial charge on any atom is -0.399 e. The second kappa shape index (κ2) is 4.96. The molecule has 0 spiro atoms. The maximum Gasteiger partial charge on any atom is 0.0468 e. The van der Waals surface area contributed by atoms with E-state index in [0.29, 0.717) is 5.41 Å². The van der Waals surface area contributed by atoms with E-state index >= 15 is 0 Å². The van der Waals surface area contributed by atoms with Crippen LogP contribution in [0.3, 0.4) is 0 Å². The van der Waals surface area contributed by atoms with Gasteiger partial charge in [-0.1, -0.05) is 0 Å². The summed E-state index contributed by atoms with van der Waals surface area (Å²) < 4.78 is 5.16. The van der Waals surface area contributed by atoms with Crippen LogP contribution < -0.4 is 11.1 Å². The topological polar surface area (TPSA) is 47.3 Å². The summed E-state index contributed by atoms with van der Waals surface area (Å²) in [6.45, 7) is 3.95. The zero-order valence-electron chi connectivity index (χ0n) is 10.8. The van der Waals surface area contributed by atoms with E-state index in [-0.39, 0.29) is 0 Å². The van der Waals surface area contributed by atoms with E-state index in [4.69, 9.17) is 10.5 Å². The summed E-state index contributed by atoms with van der Waals surface area (Å²) in [7, 11) is 1.77. The molecule has 1 aliphatic carbocycles. The van der Waals surface area contributed by atoms with Crippen molar-refractivity contribution in [3.8, 4) is 0 Å². The van der Waals surface area contributed by atoms with Gasteiger partial charge in [0.05, 0.1) is 0 Å². The van der Waals surface area contributed by atoms with Crippen molar-refractivity contribution in [2.75, 3.05) is 31.3 Å². The molecule has 0 radical (unpaired) electrons. The summed E-state index contributed by atoms with van der Waals surface area (Å²) in [5.74, 6) is 0. The van der Waals surface area contributed by atoms with Gasteiger partial charge in [-0.05, 0) is 55.4 Å². The third-order valence-corrected chi connectivity index (χ3v) is 3.56. The highest BCUT2D eigenvalue weighted by Crippen LogP contribution is 2.48. The molecule has 3 nitrogen and oxygen atoms in total. The Kier molecular flexibility index (Phi) is 3.57. The van der Waals surface area contributed by atoms with Gasteiger partial charge >= 0.3 is 0 Å². The molecule has 0 amide bonds. The second-order valence-electron chi connectivity index (χ2n) is 5.23. The molecule has 0 aromatic heterocycles. The number of aryl methyl sites for hydroxylation is 1. The molecule has 17 heavy (non-hydrogen) atoms. The molecule has 1 aliphatic rings. The molecule has 0 bridgehead atoms. The van der Waals surface area contributed by atoms with Gasteiger partial charge in [-0.15, -0.1) is 0 Å². The van der Waals surface area contributed by atoms with Crippen LogP contribution in [0.2, 0.25) is 0 Å². The molecule has 0 atom stereocenters. The van der Waals surface area contributed by atoms with Crippen LogP contribution in [0.25, 0.3) is 0 Å². The van der Waals surface area contributed by atoms with E-state index in [1.807, 2.05) is 12.1 Å². The Bertz CT molecular complexity index is 366. The molecule has 3 heteroatoms. The number of benzene rings is 1. The predicted octanol–water partition coefficient (Wildman–Crippen LogP) is 2.81. The molecule has 0 unspecified atom stereocenters. The molecule has 0 heterocycles. The van der Waals surface area contributed by atoms with Crippen molar-refractivity contribution >= 4 is 11.4 Å². The Morgan fingerprint density at radius 2 is 2.12 bits per heavy atom. The van der Waals surface area contributed by atoms with Gasteiger partial charge < -0.3 is 15.8 Å². The third-order valence-electron chi connectivity index (χ3n) is 3.56. The summed E-state index contributed by atoms with van der Waals surface area (Å²) in [4.78, 5) is 0. The van der Waals surface area contributed by atoms with Crippen LogP contribution in [-0.4, -0.2) is 20.3 Å². The lowest BCUT2D eigenvalue weighted by Gasteiger charge is -2.17. The number of nitrogen functional groups attached to an aromatic ring is 1. The maximum absolute atomic E-state index is 5.83.